The molecular formula is C19H30FNO. The Kier molecular flexibility index (Phi) is 3.30. The molecule has 4 aliphatic rings. The maximum Gasteiger partial charge on any atom is 0.116 e. The van der Waals surface area contributed by atoms with E-state index in [1.807, 2.05) is 0 Å². The second-order valence-corrected chi connectivity index (χ2v) is 8.95. The lowest BCUT2D eigenvalue weighted by molar-refractivity contribution is -0.0454. The smallest absolute Gasteiger partial charge is 0.116 e. The molecule has 22 heavy (non-hydrogen) atoms. The number of halogens is 1. The predicted octanol–water partition coefficient (Wildman–Crippen LogP) is 3.59. The van der Waals surface area contributed by atoms with Crippen LogP contribution >= 0.6 is 0 Å². The SMILES string of the molecule is C[C@]12CC[C@H]3[C@@H](CCC4=C[C@@H](O)CC[C@@]43C)[C@@H]1C[C@@H](F)[C@@H]2N. The van der Waals surface area contributed by atoms with Gasteiger partial charge in [-0.15, -0.1) is 0 Å². The topological polar surface area (TPSA) is 46.2 Å². The fourth-order valence-corrected chi connectivity index (χ4v) is 6.72. The van der Waals surface area contributed by atoms with Crippen LogP contribution in [0.5, 0.6) is 0 Å². The monoisotopic (exact) mass is 307 g/mol. The quantitative estimate of drug-likeness (QED) is 0.672. The molecule has 8 atom stereocenters. The molecule has 0 spiro atoms. The number of aliphatic hydroxyl groups is 1. The molecule has 0 bridgehead atoms. The van der Waals surface area contributed by atoms with E-state index in [9.17, 15) is 9.50 Å². The largest absolute Gasteiger partial charge is 0.389 e. The molecule has 0 aliphatic heterocycles. The molecule has 2 nitrogen and oxygen atoms in total. The highest BCUT2D eigenvalue weighted by Gasteiger charge is 2.60. The molecule has 0 aromatic carbocycles. The average Bonchev–Trinajstić information content (AvgIpc) is 2.72. The number of hydrogen-bond acceptors (Lipinski definition) is 2. The molecular weight excluding hydrogens is 277 g/mol. The van der Waals surface area contributed by atoms with Gasteiger partial charge in [0.25, 0.3) is 0 Å². The summed E-state index contributed by atoms with van der Waals surface area (Å²) in [6.45, 7) is 4.66. The number of nitrogens with two attached hydrogens (primary N) is 1. The summed E-state index contributed by atoms with van der Waals surface area (Å²) in [6, 6.07) is -0.267. The first-order chi connectivity index (χ1) is 10.4. The van der Waals surface area contributed by atoms with E-state index in [0.29, 0.717) is 24.2 Å². The summed E-state index contributed by atoms with van der Waals surface area (Å²) in [5, 5.41) is 9.98. The van der Waals surface area contributed by atoms with Crippen molar-refractivity contribution in [2.24, 2.45) is 34.3 Å². The molecule has 4 rings (SSSR count). The van der Waals surface area contributed by atoms with E-state index in [2.05, 4.69) is 19.9 Å². The van der Waals surface area contributed by atoms with Crippen molar-refractivity contribution in [3.05, 3.63) is 11.6 Å². The van der Waals surface area contributed by atoms with E-state index in [1.165, 1.54) is 18.4 Å². The van der Waals surface area contributed by atoms with Crippen LogP contribution in [0.1, 0.15) is 58.8 Å². The lowest BCUT2D eigenvalue weighted by Gasteiger charge is -2.58. The lowest BCUT2D eigenvalue weighted by Crippen LogP contribution is -2.53. The minimum atomic E-state index is -0.813. The van der Waals surface area contributed by atoms with Gasteiger partial charge in [-0.3, -0.25) is 0 Å². The first-order valence-corrected chi connectivity index (χ1v) is 9.15. The highest BCUT2D eigenvalue weighted by Crippen LogP contribution is 2.65. The summed E-state index contributed by atoms with van der Waals surface area (Å²) in [6.07, 6.45) is 8.24. The van der Waals surface area contributed by atoms with Gasteiger partial charge in [0.1, 0.15) is 6.17 Å². The molecule has 4 aliphatic carbocycles. The molecule has 0 unspecified atom stereocenters. The number of aliphatic hydroxyl groups excluding tert-OH is 1. The van der Waals surface area contributed by atoms with Crippen molar-refractivity contribution in [3.8, 4) is 0 Å². The van der Waals surface area contributed by atoms with Crippen molar-refractivity contribution >= 4 is 0 Å². The summed E-state index contributed by atoms with van der Waals surface area (Å²) in [7, 11) is 0. The van der Waals surface area contributed by atoms with Crippen molar-refractivity contribution in [1.29, 1.82) is 0 Å². The van der Waals surface area contributed by atoms with Gasteiger partial charge in [-0.05, 0) is 73.5 Å². The Morgan fingerprint density at radius 2 is 1.95 bits per heavy atom. The Hall–Kier alpha value is -0.410. The second kappa shape index (κ2) is 4.80. The van der Waals surface area contributed by atoms with Gasteiger partial charge in [0.2, 0.25) is 0 Å². The number of fused-ring (bicyclic) bond motifs is 5. The normalized spacial score (nSPS) is 57.6. The Labute approximate surface area is 133 Å². The number of rotatable bonds is 0. The summed E-state index contributed by atoms with van der Waals surface area (Å²) in [5.74, 6) is 1.75. The Morgan fingerprint density at radius 1 is 1.18 bits per heavy atom. The second-order valence-electron chi connectivity index (χ2n) is 8.95. The molecule has 124 valence electrons. The summed E-state index contributed by atoms with van der Waals surface area (Å²) >= 11 is 0. The van der Waals surface area contributed by atoms with Gasteiger partial charge in [-0.25, -0.2) is 4.39 Å². The minimum absolute atomic E-state index is 0.00629. The van der Waals surface area contributed by atoms with E-state index in [4.69, 9.17) is 5.73 Å². The van der Waals surface area contributed by atoms with Gasteiger partial charge in [-0.1, -0.05) is 25.5 Å². The Bertz CT molecular complexity index is 506. The van der Waals surface area contributed by atoms with Crippen molar-refractivity contribution < 1.29 is 9.50 Å². The standard InChI is InChI=1S/C19H30FNO/c1-18-7-5-12(22)9-11(18)3-4-13-14(18)6-8-19(2)15(13)10-16(20)17(19)21/h9,12-17,22H,3-8,10,21H2,1-2H3/t12-,13+,14-,15-,16+,17-,18-,19-/m0/s1. The third-order valence-electron chi connectivity index (χ3n) is 8.16. The van der Waals surface area contributed by atoms with Crippen LogP contribution in [-0.4, -0.2) is 23.4 Å². The van der Waals surface area contributed by atoms with Gasteiger partial charge in [0, 0.05) is 6.04 Å². The van der Waals surface area contributed by atoms with E-state index >= 15 is 0 Å². The summed E-state index contributed by atoms with van der Waals surface area (Å²) in [4.78, 5) is 0. The van der Waals surface area contributed by atoms with Crippen LogP contribution in [0.3, 0.4) is 0 Å². The van der Waals surface area contributed by atoms with Crippen molar-refractivity contribution in [2.45, 2.75) is 77.1 Å². The van der Waals surface area contributed by atoms with Gasteiger partial charge in [0.05, 0.1) is 6.10 Å². The van der Waals surface area contributed by atoms with Gasteiger partial charge < -0.3 is 10.8 Å². The molecule has 3 fully saturated rings. The third kappa shape index (κ3) is 1.84. The zero-order valence-electron chi connectivity index (χ0n) is 13.9. The third-order valence-corrected chi connectivity index (χ3v) is 8.16. The maximum atomic E-state index is 14.3. The first-order valence-electron chi connectivity index (χ1n) is 9.15. The molecule has 0 radical (unpaired) electrons. The fraction of sp³-hybridized carbons (Fsp3) is 0.895. The molecule has 0 saturated heterocycles. The van der Waals surface area contributed by atoms with E-state index in [0.717, 1.165) is 25.7 Å². The first kappa shape index (κ1) is 15.1. The van der Waals surface area contributed by atoms with Crippen LogP contribution in [0.15, 0.2) is 11.6 Å². The maximum absolute atomic E-state index is 14.3. The molecule has 0 aromatic rings. The summed E-state index contributed by atoms with van der Waals surface area (Å²) < 4.78 is 14.3. The molecule has 3 saturated carbocycles. The number of hydrogen-bond donors (Lipinski definition) is 2. The Balaban J connectivity index is 1.68. The van der Waals surface area contributed by atoms with Crippen molar-refractivity contribution in [2.75, 3.05) is 0 Å². The van der Waals surface area contributed by atoms with Crippen LogP contribution in [0.2, 0.25) is 0 Å². The number of alkyl halides is 1. The fourth-order valence-electron chi connectivity index (χ4n) is 6.72. The molecule has 0 heterocycles. The van der Waals surface area contributed by atoms with Crippen LogP contribution in [0.25, 0.3) is 0 Å². The summed E-state index contributed by atoms with van der Waals surface area (Å²) in [5.41, 5.74) is 7.98. The van der Waals surface area contributed by atoms with Crippen LogP contribution < -0.4 is 5.73 Å². The zero-order valence-corrected chi connectivity index (χ0v) is 13.9. The van der Waals surface area contributed by atoms with Gasteiger partial charge in [-0.2, -0.15) is 0 Å². The average molecular weight is 307 g/mol. The zero-order chi connectivity index (χ0) is 15.7. The van der Waals surface area contributed by atoms with Crippen molar-refractivity contribution in [1.82, 2.24) is 0 Å². The Morgan fingerprint density at radius 3 is 2.73 bits per heavy atom. The molecule has 3 N–H and O–H groups in total. The highest BCUT2D eigenvalue weighted by molar-refractivity contribution is 5.25. The van der Waals surface area contributed by atoms with Crippen molar-refractivity contribution in [3.63, 3.8) is 0 Å². The van der Waals surface area contributed by atoms with Gasteiger partial charge >= 0.3 is 0 Å². The van der Waals surface area contributed by atoms with Gasteiger partial charge in [0.15, 0.2) is 0 Å². The van der Waals surface area contributed by atoms with Crippen LogP contribution in [0.4, 0.5) is 4.39 Å². The van der Waals surface area contributed by atoms with Crippen LogP contribution in [0, 0.1) is 28.6 Å². The number of allylic oxidation sites excluding steroid dienone is 1. The highest BCUT2D eigenvalue weighted by atomic mass is 19.1. The van der Waals surface area contributed by atoms with E-state index in [-0.39, 0.29) is 23.0 Å². The minimum Gasteiger partial charge on any atom is -0.389 e. The molecule has 0 amide bonds. The lowest BCUT2D eigenvalue weighted by atomic mass is 9.47. The van der Waals surface area contributed by atoms with E-state index < -0.39 is 6.17 Å². The van der Waals surface area contributed by atoms with Crippen LogP contribution in [-0.2, 0) is 0 Å². The molecule has 0 aromatic heterocycles. The van der Waals surface area contributed by atoms with E-state index in [1.54, 1.807) is 0 Å². The molecule has 3 heteroatoms. The predicted molar refractivity (Wildman–Crippen MR) is 86.0 cm³/mol.